The van der Waals surface area contributed by atoms with E-state index in [4.69, 9.17) is 0 Å². The van der Waals surface area contributed by atoms with E-state index >= 15 is 0 Å². The van der Waals surface area contributed by atoms with Crippen molar-refractivity contribution in [3.8, 4) is 33.8 Å². The topological polar surface area (TPSA) is 40.5 Å². The fraction of sp³-hybridized carbons (Fsp3) is 0. The van der Waals surface area contributed by atoms with Crippen molar-refractivity contribution in [3.05, 3.63) is 97.1 Å². The lowest BCUT2D eigenvalue weighted by molar-refractivity contribution is 0.477. The van der Waals surface area contributed by atoms with E-state index in [2.05, 4.69) is 48.5 Å². The molecule has 30 heavy (non-hydrogen) atoms. The normalized spacial score (nSPS) is 11.6. The summed E-state index contributed by atoms with van der Waals surface area (Å²) in [4.78, 5) is 0. The quantitative estimate of drug-likeness (QED) is 0.306. The second-order valence-electron chi connectivity index (χ2n) is 7.68. The molecule has 0 unspecified atom stereocenters. The van der Waals surface area contributed by atoms with Crippen LogP contribution in [-0.4, -0.2) is 10.2 Å². The minimum Gasteiger partial charge on any atom is -0.507 e. The molecule has 142 valence electrons. The highest BCUT2D eigenvalue weighted by molar-refractivity contribution is 6.27. The molecule has 0 aliphatic carbocycles. The minimum absolute atomic E-state index is 0.280. The molecule has 0 amide bonds. The van der Waals surface area contributed by atoms with Gasteiger partial charge >= 0.3 is 0 Å². The molecule has 0 heterocycles. The zero-order valence-corrected chi connectivity index (χ0v) is 16.1. The first-order valence-electron chi connectivity index (χ1n) is 9.99. The number of aromatic hydroxyl groups is 2. The number of hydrogen-bond acceptors (Lipinski definition) is 2. The molecule has 0 saturated heterocycles. The van der Waals surface area contributed by atoms with Crippen LogP contribution >= 0.6 is 0 Å². The van der Waals surface area contributed by atoms with E-state index in [0.29, 0.717) is 0 Å². The highest BCUT2D eigenvalue weighted by Crippen LogP contribution is 2.44. The molecule has 2 heteroatoms. The summed E-state index contributed by atoms with van der Waals surface area (Å²) in [5.74, 6) is 0.560. The lowest BCUT2D eigenvalue weighted by Gasteiger charge is -2.17. The molecule has 0 fully saturated rings. The smallest absolute Gasteiger partial charge is 0.123 e. The molecule has 6 aromatic carbocycles. The van der Waals surface area contributed by atoms with Crippen molar-refractivity contribution in [2.45, 2.75) is 0 Å². The van der Waals surface area contributed by atoms with Crippen molar-refractivity contribution in [3.63, 3.8) is 0 Å². The molecular formula is C28H18O2. The third kappa shape index (κ3) is 2.31. The number of phenols is 2. The minimum atomic E-state index is 0.280. The summed E-state index contributed by atoms with van der Waals surface area (Å²) in [5.41, 5.74) is 3.69. The molecule has 0 spiro atoms. The van der Waals surface area contributed by atoms with Gasteiger partial charge in [0.2, 0.25) is 0 Å². The summed E-state index contributed by atoms with van der Waals surface area (Å²) in [6.45, 7) is 0. The van der Waals surface area contributed by atoms with Crippen molar-refractivity contribution < 1.29 is 10.2 Å². The SMILES string of the molecule is Oc1ccccc1-c1ccc2ccc3c(-c4ccccc4O)ccc4ccc1c2c43. The van der Waals surface area contributed by atoms with Crippen LogP contribution in [0.15, 0.2) is 97.1 Å². The van der Waals surface area contributed by atoms with E-state index < -0.39 is 0 Å². The average molecular weight is 386 g/mol. The van der Waals surface area contributed by atoms with Gasteiger partial charge in [0.15, 0.2) is 0 Å². The van der Waals surface area contributed by atoms with Crippen LogP contribution in [0, 0.1) is 0 Å². The van der Waals surface area contributed by atoms with E-state index in [9.17, 15) is 10.2 Å². The van der Waals surface area contributed by atoms with Gasteiger partial charge in [-0.3, -0.25) is 0 Å². The van der Waals surface area contributed by atoms with Gasteiger partial charge in [-0.25, -0.2) is 0 Å². The summed E-state index contributed by atoms with van der Waals surface area (Å²) in [7, 11) is 0. The summed E-state index contributed by atoms with van der Waals surface area (Å²) < 4.78 is 0. The van der Waals surface area contributed by atoms with Crippen LogP contribution in [-0.2, 0) is 0 Å². The number of rotatable bonds is 2. The monoisotopic (exact) mass is 386 g/mol. The van der Waals surface area contributed by atoms with Gasteiger partial charge in [0.1, 0.15) is 11.5 Å². The number of phenolic OH excluding ortho intramolecular Hbond substituents is 2. The molecule has 0 bridgehead atoms. The largest absolute Gasteiger partial charge is 0.507 e. The Balaban J connectivity index is 1.76. The average Bonchev–Trinajstić information content (AvgIpc) is 2.78. The van der Waals surface area contributed by atoms with Crippen LogP contribution in [0.4, 0.5) is 0 Å². The molecule has 0 aliphatic rings. The van der Waals surface area contributed by atoms with Crippen LogP contribution in [0.1, 0.15) is 0 Å². The predicted molar refractivity (Wildman–Crippen MR) is 124 cm³/mol. The van der Waals surface area contributed by atoms with Crippen molar-refractivity contribution in [2.75, 3.05) is 0 Å². The maximum Gasteiger partial charge on any atom is 0.123 e. The first-order valence-corrected chi connectivity index (χ1v) is 9.99. The molecule has 0 atom stereocenters. The van der Waals surface area contributed by atoms with E-state index in [1.165, 1.54) is 10.8 Å². The fourth-order valence-electron chi connectivity index (χ4n) is 4.67. The molecular weight excluding hydrogens is 368 g/mol. The van der Waals surface area contributed by atoms with Crippen LogP contribution < -0.4 is 0 Å². The molecule has 2 nitrogen and oxygen atoms in total. The summed E-state index contributed by atoms with van der Waals surface area (Å²) in [5, 5.41) is 27.8. The van der Waals surface area contributed by atoms with Gasteiger partial charge in [-0.15, -0.1) is 0 Å². The molecule has 2 N–H and O–H groups in total. The van der Waals surface area contributed by atoms with Crippen molar-refractivity contribution in [1.29, 1.82) is 0 Å². The van der Waals surface area contributed by atoms with Gasteiger partial charge in [0, 0.05) is 11.1 Å². The number of para-hydroxylation sites is 2. The maximum absolute atomic E-state index is 10.5. The second-order valence-corrected chi connectivity index (χ2v) is 7.68. The Morgan fingerprint density at radius 2 is 0.767 bits per heavy atom. The van der Waals surface area contributed by atoms with Crippen LogP contribution in [0.5, 0.6) is 11.5 Å². The first-order chi connectivity index (χ1) is 14.7. The van der Waals surface area contributed by atoms with Gasteiger partial charge in [0.05, 0.1) is 0 Å². The summed E-state index contributed by atoms with van der Waals surface area (Å²) in [6, 6.07) is 31.9. The number of hydrogen-bond donors (Lipinski definition) is 2. The lowest BCUT2D eigenvalue weighted by Crippen LogP contribution is -1.89. The second kappa shape index (κ2) is 6.23. The first kappa shape index (κ1) is 16.9. The third-order valence-corrected chi connectivity index (χ3v) is 6.05. The molecule has 0 aliphatic heterocycles. The van der Waals surface area contributed by atoms with Crippen molar-refractivity contribution in [2.24, 2.45) is 0 Å². The highest BCUT2D eigenvalue weighted by atomic mass is 16.3. The maximum atomic E-state index is 10.5. The fourth-order valence-corrected chi connectivity index (χ4v) is 4.67. The van der Waals surface area contributed by atoms with Crippen LogP contribution in [0.25, 0.3) is 54.6 Å². The molecule has 0 aromatic heterocycles. The van der Waals surface area contributed by atoms with Gasteiger partial charge in [-0.2, -0.15) is 0 Å². The Kier molecular flexibility index (Phi) is 3.50. The molecule has 0 radical (unpaired) electrons. The summed E-state index contributed by atoms with van der Waals surface area (Å²) >= 11 is 0. The Labute approximate surface area is 173 Å². The van der Waals surface area contributed by atoms with Crippen LogP contribution in [0.3, 0.4) is 0 Å². The Bertz CT molecular complexity index is 1440. The van der Waals surface area contributed by atoms with E-state index in [1.807, 2.05) is 36.4 Å². The van der Waals surface area contributed by atoms with Gasteiger partial charge in [-0.1, -0.05) is 84.9 Å². The Morgan fingerprint density at radius 1 is 0.367 bits per heavy atom. The van der Waals surface area contributed by atoms with E-state index in [1.54, 1.807) is 12.1 Å². The van der Waals surface area contributed by atoms with E-state index in [0.717, 1.165) is 43.8 Å². The van der Waals surface area contributed by atoms with Gasteiger partial charge < -0.3 is 10.2 Å². The van der Waals surface area contributed by atoms with Crippen LogP contribution in [0.2, 0.25) is 0 Å². The van der Waals surface area contributed by atoms with Gasteiger partial charge in [-0.05, 0) is 55.6 Å². The van der Waals surface area contributed by atoms with Crippen molar-refractivity contribution >= 4 is 32.3 Å². The molecule has 0 saturated carbocycles. The Hall–Kier alpha value is -4.04. The number of benzene rings is 6. The highest BCUT2D eigenvalue weighted by Gasteiger charge is 2.16. The zero-order chi connectivity index (χ0) is 20.2. The predicted octanol–water partition coefficient (Wildman–Crippen LogP) is 7.33. The molecule has 6 aromatic rings. The molecule has 6 rings (SSSR count). The third-order valence-electron chi connectivity index (χ3n) is 6.05. The standard InChI is InChI=1S/C28H18O2/c29-25-7-3-1-5-21(25)19-13-9-17-12-16-24-20(22-6-2-4-8-26(22)30)14-10-18-11-15-23(19)27(17)28(18)24/h1-16,29-30H. The summed E-state index contributed by atoms with van der Waals surface area (Å²) in [6.07, 6.45) is 0. The lowest BCUT2D eigenvalue weighted by atomic mass is 9.87. The zero-order valence-electron chi connectivity index (χ0n) is 16.1. The van der Waals surface area contributed by atoms with Crippen molar-refractivity contribution in [1.82, 2.24) is 0 Å². The van der Waals surface area contributed by atoms with Gasteiger partial charge in [0.25, 0.3) is 0 Å². The van der Waals surface area contributed by atoms with E-state index in [-0.39, 0.29) is 11.5 Å². The Morgan fingerprint density at radius 3 is 1.20 bits per heavy atom.